The molecule has 0 saturated carbocycles. The third-order valence-corrected chi connectivity index (χ3v) is 4.18. The van der Waals surface area contributed by atoms with Gasteiger partial charge in [-0.2, -0.15) is 0 Å². The van der Waals surface area contributed by atoms with Crippen molar-refractivity contribution in [2.75, 3.05) is 10.7 Å². The second kappa shape index (κ2) is 7.21. The minimum absolute atomic E-state index is 0.700. The van der Waals surface area contributed by atoms with Gasteiger partial charge in [0, 0.05) is 10.4 Å². The molecule has 6 heteroatoms. The summed E-state index contributed by atoms with van der Waals surface area (Å²) in [6, 6.07) is 2.18. The maximum atomic E-state index is 5.52. The van der Waals surface area contributed by atoms with Crippen LogP contribution >= 0.6 is 11.3 Å². The Hall–Kier alpha value is -1.66. The Morgan fingerprint density at radius 2 is 2.05 bits per heavy atom. The fourth-order valence-corrected chi connectivity index (χ4v) is 3.09. The van der Waals surface area contributed by atoms with Gasteiger partial charge in [-0.25, -0.2) is 15.8 Å². The van der Waals surface area contributed by atoms with Gasteiger partial charge >= 0.3 is 0 Å². The Bertz CT molecular complexity index is 552. The number of hydrogen-bond acceptors (Lipinski definition) is 6. The van der Waals surface area contributed by atoms with E-state index >= 15 is 0 Å². The van der Waals surface area contributed by atoms with E-state index in [1.165, 1.54) is 16.8 Å². The third-order valence-electron chi connectivity index (χ3n) is 3.22. The zero-order valence-corrected chi connectivity index (χ0v) is 12.8. The number of nitrogens with two attached hydrogens (primary N) is 1. The summed E-state index contributed by atoms with van der Waals surface area (Å²) in [4.78, 5) is 9.88. The smallest absolute Gasteiger partial charge is 0.148 e. The van der Waals surface area contributed by atoms with Crippen molar-refractivity contribution in [3.8, 4) is 0 Å². The van der Waals surface area contributed by atoms with Crippen LogP contribution in [0, 0.1) is 0 Å². The van der Waals surface area contributed by atoms with Gasteiger partial charge in [0.2, 0.25) is 0 Å². The van der Waals surface area contributed by atoms with Gasteiger partial charge in [0.1, 0.15) is 18.0 Å². The van der Waals surface area contributed by atoms with E-state index < -0.39 is 0 Å². The number of nitrogen functional groups attached to an aromatic ring is 1. The molecule has 0 fully saturated rings. The van der Waals surface area contributed by atoms with Crippen molar-refractivity contribution < 1.29 is 0 Å². The summed E-state index contributed by atoms with van der Waals surface area (Å²) in [7, 11) is 0. The Labute approximate surface area is 123 Å². The van der Waals surface area contributed by atoms with E-state index in [1.54, 1.807) is 11.3 Å². The largest absolute Gasteiger partial charge is 0.365 e. The summed E-state index contributed by atoms with van der Waals surface area (Å²) in [5.41, 5.74) is 5.09. The molecule has 2 heterocycles. The second-order valence-corrected chi connectivity index (χ2v) is 5.52. The third kappa shape index (κ3) is 3.26. The van der Waals surface area contributed by atoms with Gasteiger partial charge < -0.3 is 10.7 Å². The Morgan fingerprint density at radius 1 is 1.25 bits per heavy atom. The maximum absolute atomic E-state index is 5.52. The van der Waals surface area contributed by atoms with Gasteiger partial charge in [-0.05, 0) is 29.9 Å². The lowest BCUT2D eigenvalue weighted by Crippen LogP contribution is -2.14. The fraction of sp³-hybridized carbons (Fsp3) is 0.429. The highest BCUT2D eigenvalue weighted by Crippen LogP contribution is 2.23. The van der Waals surface area contributed by atoms with Crippen LogP contribution in [0.2, 0.25) is 0 Å². The lowest BCUT2D eigenvalue weighted by molar-refractivity contribution is 0.896. The lowest BCUT2D eigenvalue weighted by Gasteiger charge is -2.13. The SMILES string of the molecule is CCCc1c(NN)ncnc1NCc1sccc1CC. The predicted molar refractivity (Wildman–Crippen MR) is 84.9 cm³/mol. The van der Waals surface area contributed by atoms with Crippen LogP contribution in [0.25, 0.3) is 0 Å². The molecule has 4 N–H and O–H groups in total. The fourth-order valence-electron chi connectivity index (χ4n) is 2.18. The minimum Gasteiger partial charge on any atom is -0.365 e. The first-order valence-electron chi connectivity index (χ1n) is 6.89. The first kappa shape index (κ1) is 14.7. The summed E-state index contributed by atoms with van der Waals surface area (Å²) in [6.45, 7) is 5.10. The number of aromatic nitrogens is 2. The molecule has 0 spiro atoms. The average molecular weight is 291 g/mol. The molecule has 0 aliphatic heterocycles. The van der Waals surface area contributed by atoms with Gasteiger partial charge in [0.15, 0.2) is 0 Å². The van der Waals surface area contributed by atoms with Crippen LogP contribution in [0.4, 0.5) is 11.6 Å². The van der Waals surface area contributed by atoms with E-state index in [0.717, 1.165) is 37.2 Å². The quantitative estimate of drug-likeness (QED) is 0.540. The number of thiophene rings is 1. The number of aryl methyl sites for hydroxylation is 1. The van der Waals surface area contributed by atoms with Crippen molar-refractivity contribution in [1.29, 1.82) is 0 Å². The molecule has 0 saturated heterocycles. The predicted octanol–water partition coefficient (Wildman–Crippen LogP) is 2.95. The average Bonchev–Trinajstić information content (AvgIpc) is 2.93. The minimum atomic E-state index is 0.700. The molecule has 2 rings (SSSR count). The molecule has 108 valence electrons. The summed E-state index contributed by atoms with van der Waals surface area (Å²) >= 11 is 1.78. The molecular formula is C14H21N5S. The topological polar surface area (TPSA) is 75.9 Å². The Balaban J connectivity index is 2.16. The van der Waals surface area contributed by atoms with E-state index in [2.05, 4.69) is 46.0 Å². The molecule has 2 aromatic rings. The Kier molecular flexibility index (Phi) is 5.31. The van der Waals surface area contributed by atoms with Crippen molar-refractivity contribution >= 4 is 23.0 Å². The molecule has 20 heavy (non-hydrogen) atoms. The highest BCUT2D eigenvalue weighted by molar-refractivity contribution is 7.10. The van der Waals surface area contributed by atoms with Gasteiger partial charge in [-0.1, -0.05) is 20.3 Å². The summed E-state index contributed by atoms with van der Waals surface area (Å²) in [5, 5.41) is 5.55. The number of nitrogens with one attached hydrogen (secondary N) is 2. The number of hydrazine groups is 1. The number of anilines is 2. The van der Waals surface area contributed by atoms with Crippen molar-refractivity contribution in [3.63, 3.8) is 0 Å². The highest BCUT2D eigenvalue weighted by atomic mass is 32.1. The molecule has 0 unspecified atom stereocenters. The van der Waals surface area contributed by atoms with E-state index in [0.29, 0.717) is 5.82 Å². The van der Waals surface area contributed by atoms with Crippen molar-refractivity contribution in [2.45, 2.75) is 39.7 Å². The molecular weight excluding hydrogens is 270 g/mol. The first-order valence-corrected chi connectivity index (χ1v) is 7.77. The number of hydrogen-bond donors (Lipinski definition) is 3. The maximum Gasteiger partial charge on any atom is 0.148 e. The second-order valence-electron chi connectivity index (χ2n) is 4.52. The van der Waals surface area contributed by atoms with Crippen LogP contribution in [0.5, 0.6) is 0 Å². The summed E-state index contributed by atoms with van der Waals surface area (Å²) in [6.07, 6.45) is 4.51. The van der Waals surface area contributed by atoms with E-state index in [9.17, 15) is 0 Å². The van der Waals surface area contributed by atoms with Gasteiger partial charge in [0.05, 0.1) is 6.54 Å². The summed E-state index contributed by atoms with van der Waals surface area (Å²) in [5.74, 6) is 7.09. The van der Waals surface area contributed by atoms with Crippen LogP contribution in [0.3, 0.4) is 0 Å². The molecule has 2 aromatic heterocycles. The molecule has 0 atom stereocenters. The first-order chi connectivity index (χ1) is 9.80. The number of nitrogens with zero attached hydrogens (tertiary/aromatic N) is 2. The van der Waals surface area contributed by atoms with Crippen molar-refractivity contribution in [2.24, 2.45) is 5.84 Å². The molecule has 0 bridgehead atoms. The van der Waals surface area contributed by atoms with Crippen LogP contribution in [0.1, 0.15) is 36.3 Å². The molecule has 0 aliphatic rings. The van der Waals surface area contributed by atoms with Crippen molar-refractivity contribution in [3.05, 3.63) is 33.8 Å². The van der Waals surface area contributed by atoms with Gasteiger partial charge in [-0.3, -0.25) is 0 Å². The van der Waals surface area contributed by atoms with E-state index in [-0.39, 0.29) is 0 Å². The van der Waals surface area contributed by atoms with Crippen molar-refractivity contribution in [1.82, 2.24) is 9.97 Å². The van der Waals surface area contributed by atoms with E-state index in [1.807, 2.05) is 0 Å². The van der Waals surface area contributed by atoms with Crippen LogP contribution in [-0.2, 0) is 19.4 Å². The molecule has 0 aliphatic carbocycles. The van der Waals surface area contributed by atoms with Gasteiger partial charge in [-0.15, -0.1) is 11.3 Å². The molecule has 0 aromatic carbocycles. The van der Waals surface area contributed by atoms with Crippen LogP contribution < -0.4 is 16.6 Å². The zero-order chi connectivity index (χ0) is 14.4. The monoisotopic (exact) mass is 291 g/mol. The number of rotatable bonds is 7. The van der Waals surface area contributed by atoms with Crippen LogP contribution in [-0.4, -0.2) is 9.97 Å². The van der Waals surface area contributed by atoms with Crippen LogP contribution in [0.15, 0.2) is 17.8 Å². The lowest BCUT2D eigenvalue weighted by atomic mass is 10.1. The molecule has 5 nitrogen and oxygen atoms in total. The molecule has 0 amide bonds. The van der Waals surface area contributed by atoms with E-state index in [4.69, 9.17) is 5.84 Å². The molecule has 0 radical (unpaired) electrons. The highest BCUT2D eigenvalue weighted by Gasteiger charge is 2.10. The summed E-state index contributed by atoms with van der Waals surface area (Å²) < 4.78 is 0. The zero-order valence-electron chi connectivity index (χ0n) is 11.9. The van der Waals surface area contributed by atoms with Gasteiger partial charge in [0.25, 0.3) is 0 Å². The standard InChI is InChI=1S/C14H21N5S/c1-3-5-11-13(17-9-18-14(11)19-15)16-8-12-10(4-2)6-7-20-12/h6-7,9H,3-5,8,15H2,1-2H3,(H2,16,17,18,19). The normalized spacial score (nSPS) is 10.6. The Morgan fingerprint density at radius 3 is 2.75 bits per heavy atom.